The lowest BCUT2D eigenvalue weighted by atomic mass is 9.94. The predicted molar refractivity (Wildman–Crippen MR) is 156 cm³/mol. The van der Waals surface area contributed by atoms with E-state index in [2.05, 4.69) is 4.90 Å². The standard InChI is InChI=1S/C33H35FN2O6/c1-22-9-10-25(19-26(22)34)31(37)29-30(36(33(39)32(29)38)14-6-13-35-15-17-41-18-16-35)24-11-12-27(28(20-24)40-2)42-21-23-7-4-3-5-8-23/h3-5,7-12,19-20,30,37H,6,13-18,21H2,1-2H3/t30-/m0/s1. The molecule has 8 nitrogen and oxygen atoms in total. The molecule has 0 bridgehead atoms. The predicted octanol–water partition coefficient (Wildman–Crippen LogP) is 4.87. The monoisotopic (exact) mass is 574 g/mol. The number of aliphatic hydroxyl groups excluding tert-OH is 1. The van der Waals surface area contributed by atoms with E-state index in [4.69, 9.17) is 14.2 Å². The number of hydrogen-bond acceptors (Lipinski definition) is 7. The van der Waals surface area contributed by atoms with Gasteiger partial charge in [-0.15, -0.1) is 0 Å². The molecular formula is C33H35FN2O6. The minimum atomic E-state index is -0.892. The van der Waals surface area contributed by atoms with Gasteiger partial charge in [-0.25, -0.2) is 4.39 Å². The van der Waals surface area contributed by atoms with Crippen molar-refractivity contribution < 1.29 is 33.3 Å². The fraction of sp³-hybridized carbons (Fsp3) is 0.333. The van der Waals surface area contributed by atoms with Crippen molar-refractivity contribution in [3.8, 4) is 11.5 Å². The van der Waals surface area contributed by atoms with Gasteiger partial charge in [0, 0.05) is 31.7 Å². The zero-order chi connectivity index (χ0) is 29.6. The van der Waals surface area contributed by atoms with Crippen LogP contribution in [0.1, 0.15) is 34.7 Å². The van der Waals surface area contributed by atoms with Gasteiger partial charge in [-0.05, 0) is 48.2 Å². The summed E-state index contributed by atoms with van der Waals surface area (Å²) in [6, 6.07) is 18.3. The molecule has 0 saturated carbocycles. The van der Waals surface area contributed by atoms with Crippen LogP contribution in [-0.4, -0.2) is 73.1 Å². The molecule has 2 aliphatic heterocycles. The number of benzene rings is 3. The Morgan fingerprint density at radius 1 is 1.00 bits per heavy atom. The molecule has 0 spiro atoms. The lowest BCUT2D eigenvalue weighted by Gasteiger charge is -2.29. The van der Waals surface area contributed by atoms with Crippen LogP contribution >= 0.6 is 0 Å². The van der Waals surface area contributed by atoms with Gasteiger partial charge in [0.25, 0.3) is 11.7 Å². The van der Waals surface area contributed by atoms with Crippen LogP contribution in [0.2, 0.25) is 0 Å². The molecule has 1 atom stereocenters. The summed E-state index contributed by atoms with van der Waals surface area (Å²) in [4.78, 5) is 30.6. The van der Waals surface area contributed by atoms with Gasteiger partial charge in [-0.3, -0.25) is 14.5 Å². The number of ether oxygens (including phenoxy) is 3. The average Bonchev–Trinajstić information content (AvgIpc) is 3.27. The minimum Gasteiger partial charge on any atom is -0.507 e. The zero-order valence-electron chi connectivity index (χ0n) is 23.8. The molecule has 0 aliphatic carbocycles. The van der Waals surface area contributed by atoms with E-state index < -0.39 is 29.3 Å². The molecular weight excluding hydrogens is 539 g/mol. The number of carbonyl (C=O) groups excluding carboxylic acids is 2. The van der Waals surface area contributed by atoms with Crippen molar-refractivity contribution in [1.29, 1.82) is 0 Å². The maximum absolute atomic E-state index is 14.4. The number of rotatable bonds is 10. The lowest BCUT2D eigenvalue weighted by Crippen LogP contribution is -2.39. The number of halogens is 1. The van der Waals surface area contributed by atoms with Gasteiger partial charge in [0.15, 0.2) is 11.5 Å². The van der Waals surface area contributed by atoms with Crippen LogP contribution in [-0.2, 0) is 20.9 Å². The Labute approximate surface area is 244 Å². The van der Waals surface area contributed by atoms with E-state index in [1.165, 1.54) is 30.2 Å². The highest BCUT2D eigenvalue weighted by Gasteiger charge is 2.46. The summed E-state index contributed by atoms with van der Waals surface area (Å²) in [5, 5.41) is 11.3. The topological polar surface area (TPSA) is 88.5 Å². The number of ketones is 1. The van der Waals surface area contributed by atoms with Crippen molar-refractivity contribution in [3.63, 3.8) is 0 Å². The molecule has 1 amide bonds. The third-order valence-corrected chi connectivity index (χ3v) is 7.70. The molecule has 220 valence electrons. The van der Waals surface area contributed by atoms with E-state index in [1.54, 1.807) is 25.1 Å². The molecule has 0 aromatic heterocycles. The summed E-state index contributed by atoms with van der Waals surface area (Å²) in [6.07, 6.45) is 0.623. The Bertz CT molecular complexity index is 1470. The Balaban J connectivity index is 1.49. The first-order chi connectivity index (χ1) is 20.4. The molecule has 3 aromatic carbocycles. The highest BCUT2D eigenvalue weighted by atomic mass is 19.1. The number of aryl methyl sites for hydroxylation is 1. The molecule has 42 heavy (non-hydrogen) atoms. The number of methoxy groups -OCH3 is 1. The number of aliphatic hydroxyl groups is 1. The SMILES string of the molecule is COc1cc([C@H]2C(=C(O)c3ccc(C)c(F)c3)C(=O)C(=O)N2CCCN2CCOCC2)ccc1OCc1ccccc1. The molecule has 2 fully saturated rings. The van der Waals surface area contributed by atoms with Crippen molar-refractivity contribution in [1.82, 2.24) is 9.80 Å². The number of carbonyl (C=O) groups is 2. The molecule has 2 saturated heterocycles. The second kappa shape index (κ2) is 13.2. The second-order valence-electron chi connectivity index (χ2n) is 10.4. The fourth-order valence-corrected chi connectivity index (χ4v) is 5.35. The fourth-order valence-electron chi connectivity index (χ4n) is 5.35. The van der Waals surface area contributed by atoms with Crippen LogP contribution in [0.25, 0.3) is 5.76 Å². The van der Waals surface area contributed by atoms with Crippen LogP contribution in [0.5, 0.6) is 11.5 Å². The van der Waals surface area contributed by atoms with E-state index in [-0.39, 0.29) is 11.1 Å². The lowest BCUT2D eigenvalue weighted by molar-refractivity contribution is -0.140. The molecule has 1 N–H and O–H groups in total. The van der Waals surface area contributed by atoms with Crippen molar-refractivity contribution in [2.45, 2.75) is 26.0 Å². The maximum Gasteiger partial charge on any atom is 0.295 e. The molecule has 0 unspecified atom stereocenters. The quantitative estimate of drug-likeness (QED) is 0.210. The van der Waals surface area contributed by atoms with E-state index in [9.17, 15) is 19.1 Å². The first kappa shape index (κ1) is 29.3. The maximum atomic E-state index is 14.4. The van der Waals surface area contributed by atoms with Gasteiger partial charge in [0.05, 0.1) is 31.9 Å². The van der Waals surface area contributed by atoms with Crippen molar-refractivity contribution in [2.24, 2.45) is 0 Å². The van der Waals surface area contributed by atoms with Crippen molar-refractivity contribution in [2.75, 3.05) is 46.5 Å². The number of amides is 1. The number of likely N-dealkylation sites (tertiary alicyclic amines) is 1. The normalized spacial score (nSPS) is 18.8. The summed E-state index contributed by atoms with van der Waals surface area (Å²) in [7, 11) is 1.52. The van der Waals surface area contributed by atoms with Crippen LogP contribution in [0.4, 0.5) is 4.39 Å². The van der Waals surface area contributed by atoms with Crippen LogP contribution in [0, 0.1) is 12.7 Å². The second-order valence-corrected chi connectivity index (χ2v) is 10.4. The number of hydrogen-bond donors (Lipinski definition) is 1. The summed E-state index contributed by atoms with van der Waals surface area (Å²) < 4.78 is 31.5. The Hall–Kier alpha value is -4.21. The third kappa shape index (κ3) is 6.32. The summed E-state index contributed by atoms with van der Waals surface area (Å²) in [5.41, 5.74) is 2.00. The molecule has 5 rings (SSSR count). The highest BCUT2D eigenvalue weighted by molar-refractivity contribution is 6.46. The third-order valence-electron chi connectivity index (χ3n) is 7.70. The number of morpholine rings is 1. The van der Waals surface area contributed by atoms with Gasteiger partial charge >= 0.3 is 0 Å². The van der Waals surface area contributed by atoms with E-state index in [1.807, 2.05) is 30.3 Å². The van der Waals surface area contributed by atoms with Gasteiger partial charge in [0.2, 0.25) is 0 Å². The Kier molecular flexibility index (Phi) is 9.19. The Morgan fingerprint density at radius 2 is 1.76 bits per heavy atom. The number of Topliss-reactive ketones (excluding diaryl/α,β-unsaturated/α-hetero) is 1. The summed E-state index contributed by atoms with van der Waals surface area (Å²) in [6.45, 7) is 5.91. The van der Waals surface area contributed by atoms with Crippen molar-refractivity contribution >= 4 is 17.4 Å². The van der Waals surface area contributed by atoms with Crippen LogP contribution in [0.3, 0.4) is 0 Å². The molecule has 9 heteroatoms. The van der Waals surface area contributed by atoms with Crippen LogP contribution in [0.15, 0.2) is 72.3 Å². The first-order valence-corrected chi connectivity index (χ1v) is 14.1. The van der Waals surface area contributed by atoms with Gasteiger partial charge in [-0.1, -0.05) is 48.5 Å². The van der Waals surface area contributed by atoms with Gasteiger partial charge < -0.3 is 24.2 Å². The summed E-state index contributed by atoms with van der Waals surface area (Å²) in [5.74, 6) is -1.54. The van der Waals surface area contributed by atoms with Gasteiger partial charge in [0.1, 0.15) is 18.2 Å². The minimum absolute atomic E-state index is 0.0883. The first-order valence-electron chi connectivity index (χ1n) is 14.1. The molecule has 0 radical (unpaired) electrons. The Morgan fingerprint density at radius 3 is 2.48 bits per heavy atom. The van der Waals surface area contributed by atoms with E-state index in [0.717, 1.165) is 25.2 Å². The molecule has 2 heterocycles. The largest absolute Gasteiger partial charge is 0.507 e. The van der Waals surface area contributed by atoms with Crippen LogP contribution < -0.4 is 9.47 Å². The molecule has 2 aliphatic rings. The van der Waals surface area contributed by atoms with Crippen molar-refractivity contribution in [3.05, 3.63) is 100 Å². The van der Waals surface area contributed by atoms with E-state index >= 15 is 0 Å². The number of nitrogens with zero attached hydrogens (tertiary/aromatic N) is 2. The van der Waals surface area contributed by atoms with Gasteiger partial charge in [-0.2, -0.15) is 0 Å². The zero-order valence-corrected chi connectivity index (χ0v) is 23.8. The highest BCUT2D eigenvalue weighted by Crippen LogP contribution is 2.42. The smallest absolute Gasteiger partial charge is 0.295 e. The van der Waals surface area contributed by atoms with E-state index in [0.29, 0.717) is 55.4 Å². The molecule has 3 aromatic rings. The average molecular weight is 575 g/mol. The summed E-state index contributed by atoms with van der Waals surface area (Å²) >= 11 is 0.